The van der Waals surface area contributed by atoms with Crippen molar-refractivity contribution in [2.45, 2.75) is 12.1 Å². The van der Waals surface area contributed by atoms with Crippen LogP contribution in [-0.2, 0) is 9.84 Å². The number of benzene rings is 1. The average molecular weight is 303 g/mol. The molecule has 0 radical (unpaired) electrons. The van der Waals surface area contributed by atoms with Gasteiger partial charge in [-0.3, -0.25) is 0 Å². The van der Waals surface area contributed by atoms with Crippen molar-refractivity contribution in [1.82, 2.24) is 5.32 Å². The number of nitrogens with zero attached hydrogens (tertiary/aromatic N) is 1. The minimum Gasteiger partial charge on any atom is -0.356 e. The summed E-state index contributed by atoms with van der Waals surface area (Å²) in [5, 5.41) is 4.19. The molecule has 0 saturated carbocycles. The minimum absolute atomic E-state index is 0.121. The van der Waals surface area contributed by atoms with Crippen molar-refractivity contribution < 1.29 is 8.42 Å². The fourth-order valence-corrected chi connectivity index (χ4v) is 5.04. The molecule has 3 rings (SSSR count). The maximum absolute atomic E-state index is 11.7. The van der Waals surface area contributed by atoms with Gasteiger partial charge < -0.3 is 10.2 Å². The smallest absolute Gasteiger partial charge is 0.174 e. The van der Waals surface area contributed by atoms with Gasteiger partial charge in [-0.05, 0) is 24.4 Å². The molecule has 0 aromatic heterocycles. The predicted octanol–water partition coefficient (Wildman–Crippen LogP) is 1.20. The number of sulfone groups is 1. The van der Waals surface area contributed by atoms with Gasteiger partial charge in [0.1, 0.15) is 0 Å². The summed E-state index contributed by atoms with van der Waals surface area (Å²) in [4.78, 5) is 1.83. The van der Waals surface area contributed by atoms with Crippen molar-refractivity contribution in [3.05, 3.63) is 29.3 Å². The van der Waals surface area contributed by atoms with Crippen molar-refractivity contribution in [3.8, 4) is 0 Å². The van der Waals surface area contributed by atoms with Gasteiger partial charge in [0, 0.05) is 0 Å². The highest BCUT2D eigenvalue weighted by Gasteiger charge is 2.47. The van der Waals surface area contributed by atoms with E-state index in [0.717, 1.165) is 5.69 Å². The molecular weight excluding hydrogens is 292 g/mol. The van der Waals surface area contributed by atoms with E-state index in [2.05, 4.69) is 5.32 Å². The van der Waals surface area contributed by atoms with Gasteiger partial charge in [-0.25, -0.2) is 8.42 Å². The lowest BCUT2D eigenvalue weighted by atomic mass is 10.1. The Balaban J connectivity index is 2.02. The molecule has 0 bridgehead atoms. The molecule has 0 amide bonds. The van der Waals surface area contributed by atoms with E-state index in [0.29, 0.717) is 10.1 Å². The summed E-state index contributed by atoms with van der Waals surface area (Å²) in [6.07, 6.45) is 0. The molecule has 2 saturated heterocycles. The number of hydrogen-bond acceptors (Lipinski definition) is 3. The van der Waals surface area contributed by atoms with Crippen molar-refractivity contribution in [3.63, 3.8) is 0 Å². The number of halogens is 1. The minimum atomic E-state index is -2.99. The normalized spacial score (nSPS) is 29.2. The first-order valence-corrected chi connectivity index (χ1v) is 8.13. The molecule has 7 heteroatoms. The Bertz CT molecular complexity index is 617. The van der Waals surface area contributed by atoms with Gasteiger partial charge in [0.2, 0.25) is 0 Å². The highest BCUT2D eigenvalue weighted by atomic mass is 35.5. The third kappa shape index (κ3) is 1.88. The van der Waals surface area contributed by atoms with Crippen LogP contribution in [0.15, 0.2) is 24.3 Å². The first-order valence-electron chi connectivity index (χ1n) is 5.53. The molecule has 1 aromatic rings. The fourth-order valence-electron chi connectivity index (χ4n) is 2.54. The van der Waals surface area contributed by atoms with Crippen LogP contribution < -0.4 is 10.2 Å². The monoisotopic (exact) mass is 302 g/mol. The maximum atomic E-state index is 11.7. The standard InChI is InChI=1S/C11H11ClN2O2S2/c12-7-3-1-2-4-9(7)14-10-6-18(15,16)5-8(10)13-11(14)17/h1-4,8,10H,5-6H2,(H,13,17)/t8-,10+/m1/s1. The summed E-state index contributed by atoms with van der Waals surface area (Å²) in [5.41, 5.74) is 0.765. The van der Waals surface area contributed by atoms with E-state index in [-0.39, 0.29) is 23.6 Å². The number of nitrogens with one attached hydrogen (secondary N) is 1. The van der Waals surface area contributed by atoms with E-state index >= 15 is 0 Å². The molecule has 2 fully saturated rings. The molecule has 2 heterocycles. The Morgan fingerprint density at radius 2 is 2.06 bits per heavy atom. The van der Waals surface area contributed by atoms with Crippen LogP contribution in [0, 0.1) is 0 Å². The Kier molecular flexibility index (Phi) is 2.76. The fraction of sp³-hybridized carbons (Fsp3) is 0.364. The molecule has 2 atom stereocenters. The maximum Gasteiger partial charge on any atom is 0.174 e. The van der Waals surface area contributed by atoms with Gasteiger partial charge in [-0.2, -0.15) is 0 Å². The Morgan fingerprint density at radius 1 is 1.33 bits per heavy atom. The van der Waals surface area contributed by atoms with E-state index in [9.17, 15) is 8.42 Å². The second-order valence-corrected chi connectivity index (χ2v) is 7.47. The lowest BCUT2D eigenvalue weighted by molar-refractivity contribution is 0.600. The van der Waals surface area contributed by atoms with Gasteiger partial charge in [0.25, 0.3) is 0 Å². The Morgan fingerprint density at radius 3 is 2.78 bits per heavy atom. The zero-order valence-corrected chi connectivity index (χ0v) is 11.7. The van der Waals surface area contributed by atoms with E-state index in [1.54, 1.807) is 6.07 Å². The average Bonchev–Trinajstić information content (AvgIpc) is 2.70. The van der Waals surface area contributed by atoms with E-state index < -0.39 is 9.84 Å². The summed E-state index contributed by atoms with van der Waals surface area (Å²) < 4.78 is 23.3. The second kappa shape index (κ2) is 4.08. The molecular formula is C11H11ClN2O2S2. The molecule has 0 spiro atoms. The van der Waals surface area contributed by atoms with Crippen LogP contribution >= 0.6 is 23.8 Å². The number of rotatable bonds is 1. The summed E-state index contributed by atoms with van der Waals surface area (Å²) in [6.45, 7) is 0. The van der Waals surface area contributed by atoms with Gasteiger partial charge in [0.05, 0.1) is 34.3 Å². The molecule has 0 aliphatic carbocycles. The van der Waals surface area contributed by atoms with Crippen LogP contribution in [0.4, 0.5) is 5.69 Å². The van der Waals surface area contributed by atoms with Crippen LogP contribution in [0.3, 0.4) is 0 Å². The largest absolute Gasteiger partial charge is 0.356 e. The highest BCUT2D eigenvalue weighted by Crippen LogP contribution is 2.33. The van der Waals surface area contributed by atoms with E-state index in [1.165, 1.54) is 0 Å². The SMILES string of the molecule is O=S1(=O)C[C@H]2NC(=S)N(c3ccccc3Cl)[C@H]2C1. The van der Waals surface area contributed by atoms with E-state index in [4.69, 9.17) is 23.8 Å². The summed E-state index contributed by atoms with van der Waals surface area (Å²) in [7, 11) is -2.99. The first-order chi connectivity index (χ1) is 8.48. The quantitative estimate of drug-likeness (QED) is 0.790. The zero-order valence-electron chi connectivity index (χ0n) is 9.34. The number of hydrogen-bond donors (Lipinski definition) is 1. The third-order valence-electron chi connectivity index (χ3n) is 3.29. The molecule has 96 valence electrons. The molecule has 0 unspecified atom stereocenters. The summed E-state index contributed by atoms with van der Waals surface area (Å²) in [6, 6.07) is 7.04. The lowest BCUT2D eigenvalue weighted by Crippen LogP contribution is -2.36. The van der Waals surface area contributed by atoms with Crippen LogP contribution in [0.1, 0.15) is 0 Å². The topological polar surface area (TPSA) is 49.4 Å². The van der Waals surface area contributed by atoms with Crippen molar-refractivity contribution in [2.24, 2.45) is 0 Å². The highest BCUT2D eigenvalue weighted by molar-refractivity contribution is 7.91. The van der Waals surface area contributed by atoms with Crippen LogP contribution in [-0.4, -0.2) is 37.1 Å². The summed E-state index contributed by atoms with van der Waals surface area (Å²) >= 11 is 11.4. The third-order valence-corrected chi connectivity index (χ3v) is 5.64. The molecule has 1 N–H and O–H groups in total. The number of fused-ring (bicyclic) bond motifs is 1. The van der Waals surface area contributed by atoms with Crippen molar-refractivity contribution in [1.29, 1.82) is 0 Å². The van der Waals surface area contributed by atoms with Crippen molar-refractivity contribution >= 4 is 44.5 Å². The molecule has 4 nitrogen and oxygen atoms in total. The van der Waals surface area contributed by atoms with Gasteiger partial charge >= 0.3 is 0 Å². The number of anilines is 1. The molecule has 2 aliphatic heterocycles. The van der Waals surface area contributed by atoms with Gasteiger partial charge in [-0.1, -0.05) is 23.7 Å². The first kappa shape index (κ1) is 12.2. The van der Waals surface area contributed by atoms with Crippen LogP contribution in [0.25, 0.3) is 0 Å². The number of thiocarbonyl (C=S) groups is 1. The molecule has 2 aliphatic rings. The van der Waals surface area contributed by atoms with Gasteiger partial charge in [0.15, 0.2) is 14.9 Å². The Hall–Kier alpha value is -0.850. The lowest BCUT2D eigenvalue weighted by Gasteiger charge is -2.24. The molecule has 1 aromatic carbocycles. The van der Waals surface area contributed by atoms with Crippen LogP contribution in [0.2, 0.25) is 5.02 Å². The predicted molar refractivity (Wildman–Crippen MR) is 75.9 cm³/mol. The Labute approximate surface area is 116 Å². The van der Waals surface area contributed by atoms with Crippen molar-refractivity contribution in [2.75, 3.05) is 16.4 Å². The number of para-hydroxylation sites is 1. The van der Waals surface area contributed by atoms with Gasteiger partial charge in [-0.15, -0.1) is 0 Å². The van der Waals surface area contributed by atoms with Crippen LogP contribution in [0.5, 0.6) is 0 Å². The zero-order chi connectivity index (χ0) is 12.9. The molecule has 18 heavy (non-hydrogen) atoms. The van der Waals surface area contributed by atoms with E-state index in [1.807, 2.05) is 23.1 Å². The summed E-state index contributed by atoms with van der Waals surface area (Å²) in [5.74, 6) is 0.259. The second-order valence-electron chi connectivity index (χ2n) is 4.52.